The highest BCUT2D eigenvalue weighted by molar-refractivity contribution is 6.17. The van der Waals surface area contributed by atoms with Crippen LogP contribution >= 0.6 is 0 Å². The summed E-state index contributed by atoms with van der Waals surface area (Å²) in [5.41, 5.74) is 0.986. The molecule has 1 atom stereocenters. The maximum absolute atomic E-state index is 12.8. The van der Waals surface area contributed by atoms with Gasteiger partial charge in [0.2, 0.25) is 11.8 Å². The summed E-state index contributed by atoms with van der Waals surface area (Å²) in [6.45, 7) is 3.72. The zero-order valence-electron chi connectivity index (χ0n) is 14.7. The van der Waals surface area contributed by atoms with Gasteiger partial charge in [-0.15, -0.1) is 0 Å². The van der Waals surface area contributed by atoms with E-state index < -0.39 is 29.7 Å². The zero-order valence-corrected chi connectivity index (χ0v) is 14.7. The van der Waals surface area contributed by atoms with Gasteiger partial charge in [-0.25, -0.2) is 4.79 Å². The third-order valence-electron chi connectivity index (χ3n) is 4.19. The molecule has 2 N–H and O–H groups in total. The Morgan fingerprint density at radius 1 is 1.11 bits per heavy atom. The average molecular weight is 378 g/mol. The molecule has 0 bridgehead atoms. The molecule has 2 aromatic carbocycles. The van der Waals surface area contributed by atoms with Crippen molar-refractivity contribution in [3.05, 3.63) is 78.0 Å². The van der Waals surface area contributed by atoms with Gasteiger partial charge in [-0.05, 0) is 23.3 Å². The molecule has 2 aromatic rings. The van der Waals surface area contributed by atoms with Crippen LogP contribution < -0.4 is 15.7 Å². The minimum atomic E-state index is -1.36. The number of barbiturate groups is 1. The van der Waals surface area contributed by atoms with Crippen LogP contribution in [0.3, 0.4) is 0 Å². The third-order valence-corrected chi connectivity index (χ3v) is 4.19. The molecule has 0 radical (unpaired) electrons. The minimum absolute atomic E-state index is 0.00271. The number of imide groups is 2. The maximum atomic E-state index is 12.8. The van der Waals surface area contributed by atoms with Gasteiger partial charge in [-0.2, -0.15) is 0 Å². The number of carbonyl (C=O) groups is 4. The van der Waals surface area contributed by atoms with Crippen molar-refractivity contribution in [2.75, 3.05) is 5.32 Å². The highest BCUT2D eigenvalue weighted by atomic mass is 16.4. The van der Waals surface area contributed by atoms with Gasteiger partial charge >= 0.3 is 6.03 Å². The highest BCUT2D eigenvalue weighted by Gasteiger charge is 2.42. The van der Waals surface area contributed by atoms with E-state index in [1.807, 2.05) is 0 Å². The van der Waals surface area contributed by atoms with Crippen LogP contribution in [0, 0.1) is 5.92 Å². The average Bonchev–Trinajstić information content (AvgIpc) is 2.66. The number of anilines is 1. The van der Waals surface area contributed by atoms with Gasteiger partial charge in [-0.1, -0.05) is 49.0 Å². The molecule has 8 heteroatoms. The number of carboxylic acid groups (broad SMARTS) is 1. The standard InChI is InChI=1S/C20H17N3O5/c1-12(21-15-9-5-8-14(10-15)19(26)27)16-17(24)22-20(28)23(18(16)25)11-13-6-3-2-4-7-13/h2-10,16,21H,1,11H2,(H,26,27)(H,22,24,28)/p-1/t16-/m1/s1. The molecule has 1 aliphatic heterocycles. The molecule has 0 saturated carbocycles. The predicted octanol–water partition coefficient (Wildman–Crippen LogP) is 0.870. The van der Waals surface area contributed by atoms with E-state index in [0.29, 0.717) is 5.69 Å². The lowest BCUT2D eigenvalue weighted by molar-refractivity contribution is -0.255. The second kappa shape index (κ2) is 7.75. The number of rotatable bonds is 6. The highest BCUT2D eigenvalue weighted by Crippen LogP contribution is 2.22. The number of nitrogens with one attached hydrogen (secondary N) is 2. The van der Waals surface area contributed by atoms with Crippen molar-refractivity contribution in [1.82, 2.24) is 10.2 Å². The Bertz CT molecular complexity index is 971. The van der Waals surface area contributed by atoms with Crippen LogP contribution in [0.4, 0.5) is 10.5 Å². The van der Waals surface area contributed by atoms with Crippen LogP contribution in [0.5, 0.6) is 0 Å². The molecule has 1 fully saturated rings. The molecule has 4 amide bonds. The Balaban J connectivity index is 1.79. The van der Waals surface area contributed by atoms with Crippen LogP contribution in [0.25, 0.3) is 0 Å². The van der Waals surface area contributed by atoms with Crippen molar-refractivity contribution in [2.45, 2.75) is 6.54 Å². The smallest absolute Gasteiger partial charge is 0.331 e. The van der Waals surface area contributed by atoms with Crippen molar-refractivity contribution < 1.29 is 24.3 Å². The Labute approximate surface area is 160 Å². The van der Waals surface area contributed by atoms with Gasteiger partial charge in [0.15, 0.2) is 5.92 Å². The van der Waals surface area contributed by atoms with E-state index in [9.17, 15) is 24.3 Å². The molecule has 0 aromatic heterocycles. The molecule has 1 aliphatic rings. The quantitative estimate of drug-likeness (QED) is 0.720. The van der Waals surface area contributed by atoms with Crippen molar-refractivity contribution in [1.29, 1.82) is 0 Å². The summed E-state index contributed by atoms with van der Waals surface area (Å²) in [5, 5.41) is 15.9. The predicted molar refractivity (Wildman–Crippen MR) is 97.6 cm³/mol. The summed E-state index contributed by atoms with van der Waals surface area (Å²) < 4.78 is 0. The fraction of sp³-hybridized carbons (Fsp3) is 0.100. The molecule has 1 heterocycles. The summed E-state index contributed by atoms with van der Waals surface area (Å²) >= 11 is 0. The molecule has 3 rings (SSSR count). The number of nitrogens with zero attached hydrogens (tertiary/aromatic N) is 1. The Morgan fingerprint density at radius 2 is 1.82 bits per heavy atom. The summed E-state index contributed by atoms with van der Waals surface area (Å²) in [5.74, 6) is -4.22. The van der Waals surface area contributed by atoms with Crippen molar-refractivity contribution in [3.63, 3.8) is 0 Å². The van der Waals surface area contributed by atoms with Gasteiger partial charge in [0, 0.05) is 11.4 Å². The molecule has 0 spiro atoms. The van der Waals surface area contributed by atoms with E-state index in [-0.39, 0.29) is 17.8 Å². The summed E-state index contributed by atoms with van der Waals surface area (Å²) in [7, 11) is 0. The molecular formula is C20H16N3O5-. The first-order valence-corrected chi connectivity index (χ1v) is 8.34. The topological polar surface area (TPSA) is 119 Å². The second-order valence-electron chi connectivity index (χ2n) is 6.16. The van der Waals surface area contributed by atoms with E-state index in [0.717, 1.165) is 10.5 Å². The molecule has 0 aliphatic carbocycles. The normalized spacial score (nSPS) is 16.5. The lowest BCUT2D eigenvalue weighted by Crippen LogP contribution is -2.58. The van der Waals surface area contributed by atoms with Gasteiger partial charge in [-0.3, -0.25) is 19.8 Å². The maximum Gasteiger partial charge on any atom is 0.331 e. The zero-order chi connectivity index (χ0) is 20.3. The summed E-state index contributed by atoms with van der Waals surface area (Å²) in [4.78, 5) is 49.1. The Hall–Kier alpha value is -3.94. The van der Waals surface area contributed by atoms with E-state index in [1.165, 1.54) is 18.2 Å². The fourth-order valence-corrected chi connectivity index (χ4v) is 2.82. The Morgan fingerprint density at radius 3 is 2.50 bits per heavy atom. The van der Waals surface area contributed by atoms with Crippen LogP contribution in [-0.2, 0) is 16.1 Å². The van der Waals surface area contributed by atoms with Crippen molar-refractivity contribution in [3.8, 4) is 0 Å². The number of hydrogen-bond acceptors (Lipinski definition) is 6. The summed E-state index contributed by atoms with van der Waals surface area (Å²) in [6.07, 6.45) is 0. The second-order valence-corrected chi connectivity index (χ2v) is 6.16. The van der Waals surface area contributed by atoms with Gasteiger partial charge < -0.3 is 15.2 Å². The molecule has 8 nitrogen and oxygen atoms in total. The van der Waals surface area contributed by atoms with E-state index in [4.69, 9.17) is 0 Å². The first kappa shape index (κ1) is 18.8. The van der Waals surface area contributed by atoms with E-state index in [2.05, 4.69) is 17.2 Å². The number of aromatic carboxylic acids is 1. The number of carboxylic acids is 1. The Kier molecular flexibility index (Phi) is 5.21. The van der Waals surface area contributed by atoms with Crippen molar-refractivity contribution >= 4 is 29.5 Å². The third kappa shape index (κ3) is 3.90. The monoisotopic (exact) mass is 378 g/mol. The van der Waals surface area contributed by atoms with Crippen LogP contribution in [-0.4, -0.2) is 28.7 Å². The van der Waals surface area contributed by atoms with Gasteiger partial charge in [0.05, 0.1) is 12.5 Å². The molecule has 142 valence electrons. The fourth-order valence-electron chi connectivity index (χ4n) is 2.82. The first-order valence-electron chi connectivity index (χ1n) is 8.34. The number of hydrogen-bond donors (Lipinski definition) is 2. The van der Waals surface area contributed by atoms with E-state index in [1.54, 1.807) is 36.4 Å². The van der Waals surface area contributed by atoms with Crippen molar-refractivity contribution in [2.24, 2.45) is 5.92 Å². The lowest BCUT2D eigenvalue weighted by atomic mass is 10.0. The van der Waals surface area contributed by atoms with Gasteiger partial charge in [0.25, 0.3) is 0 Å². The molecule has 1 saturated heterocycles. The first-order chi connectivity index (χ1) is 13.4. The largest absolute Gasteiger partial charge is 0.545 e. The lowest BCUT2D eigenvalue weighted by Gasteiger charge is -2.31. The van der Waals surface area contributed by atoms with Gasteiger partial charge in [0.1, 0.15) is 0 Å². The number of urea groups is 1. The van der Waals surface area contributed by atoms with Crippen LogP contribution in [0.1, 0.15) is 15.9 Å². The number of amides is 4. The van der Waals surface area contributed by atoms with Crippen LogP contribution in [0.2, 0.25) is 0 Å². The van der Waals surface area contributed by atoms with E-state index >= 15 is 0 Å². The minimum Gasteiger partial charge on any atom is -0.545 e. The SMILES string of the molecule is C=C(Nc1cccc(C(=O)[O-])c1)[C@@H]1C(=O)NC(=O)N(Cc2ccccc2)C1=O. The number of carbonyl (C=O) groups excluding carboxylic acids is 4. The number of benzene rings is 2. The van der Waals surface area contributed by atoms with Crippen LogP contribution in [0.15, 0.2) is 66.9 Å². The summed E-state index contributed by atoms with van der Waals surface area (Å²) in [6, 6.07) is 13.7. The molecular weight excluding hydrogens is 362 g/mol. The molecule has 28 heavy (non-hydrogen) atoms. The molecule has 0 unspecified atom stereocenters.